The Morgan fingerprint density at radius 1 is 1.33 bits per heavy atom. The summed E-state index contributed by atoms with van der Waals surface area (Å²) in [6, 6.07) is 0.610. The zero-order valence-electron chi connectivity index (χ0n) is 8.98. The Morgan fingerprint density at radius 2 is 1.92 bits per heavy atom. The van der Waals surface area contributed by atoms with Gasteiger partial charge in [-0.1, -0.05) is 32.9 Å². The third-order valence-electron chi connectivity index (χ3n) is 2.49. The van der Waals surface area contributed by atoms with Crippen LogP contribution < -0.4 is 5.32 Å². The summed E-state index contributed by atoms with van der Waals surface area (Å²) < 4.78 is 0. The molecule has 0 aliphatic carbocycles. The fraction of sp³-hybridized carbons (Fsp3) is 0.818. The molecule has 0 fully saturated rings. The predicted molar refractivity (Wildman–Crippen MR) is 56.4 cm³/mol. The molecule has 0 aliphatic heterocycles. The van der Waals surface area contributed by atoms with Crippen molar-refractivity contribution in [3.63, 3.8) is 0 Å². The van der Waals surface area contributed by atoms with Gasteiger partial charge in [0.25, 0.3) is 0 Å². The van der Waals surface area contributed by atoms with E-state index in [1.54, 1.807) is 0 Å². The number of hydrogen-bond acceptors (Lipinski definition) is 1. The molecule has 1 N–H and O–H groups in total. The molecule has 1 heteroatoms. The highest BCUT2D eigenvalue weighted by atomic mass is 14.9. The fourth-order valence-electron chi connectivity index (χ4n) is 1.30. The highest BCUT2D eigenvalue weighted by Crippen LogP contribution is 2.15. The average molecular weight is 169 g/mol. The molecule has 0 saturated carbocycles. The minimum atomic E-state index is 0.610. The van der Waals surface area contributed by atoms with Crippen LogP contribution >= 0.6 is 0 Å². The van der Waals surface area contributed by atoms with Crippen LogP contribution in [-0.2, 0) is 0 Å². The second-order valence-electron chi connectivity index (χ2n) is 3.63. The van der Waals surface area contributed by atoms with Crippen molar-refractivity contribution in [1.29, 1.82) is 0 Å². The van der Waals surface area contributed by atoms with Crippen molar-refractivity contribution in [1.82, 2.24) is 5.32 Å². The second kappa shape index (κ2) is 6.24. The summed E-state index contributed by atoms with van der Waals surface area (Å²) >= 11 is 0. The summed E-state index contributed by atoms with van der Waals surface area (Å²) in [7, 11) is 0. The van der Waals surface area contributed by atoms with Gasteiger partial charge in [0.15, 0.2) is 0 Å². The zero-order chi connectivity index (χ0) is 9.56. The van der Waals surface area contributed by atoms with Crippen LogP contribution in [0.1, 0.15) is 40.5 Å². The van der Waals surface area contributed by atoms with Gasteiger partial charge in [0.05, 0.1) is 0 Å². The largest absolute Gasteiger partial charge is 0.314 e. The van der Waals surface area contributed by atoms with Gasteiger partial charge in [-0.3, -0.25) is 0 Å². The van der Waals surface area contributed by atoms with Crippen LogP contribution in [0.4, 0.5) is 0 Å². The summed E-state index contributed by atoms with van der Waals surface area (Å²) in [5, 5.41) is 3.43. The fourth-order valence-corrected chi connectivity index (χ4v) is 1.30. The van der Waals surface area contributed by atoms with Gasteiger partial charge in [-0.25, -0.2) is 0 Å². The Hall–Kier alpha value is -0.300. The first-order valence-corrected chi connectivity index (χ1v) is 5.01. The van der Waals surface area contributed by atoms with Crippen molar-refractivity contribution in [2.45, 2.75) is 46.6 Å². The van der Waals surface area contributed by atoms with E-state index >= 15 is 0 Å². The van der Waals surface area contributed by atoms with Crippen molar-refractivity contribution in [2.24, 2.45) is 5.92 Å². The molecule has 2 unspecified atom stereocenters. The average Bonchev–Trinajstić information content (AvgIpc) is 2.04. The molecule has 0 saturated heterocycles. The lowest BCUT2D eigenvalue weighted by Crippen LogP contribution is -2.31. The molecule has 0 aromatic carbocycles. The van der Waals surface area contributed by atoms with E-state index in [1.165, 1.54) is 5.57 Å². The minimum Gasteiger partial charge on any atom is -0.314 e. The van der Waals surface area contributed by atoms with Crippen molar-refractivity contribution in [3.8, 4) is 0 Å². The molecule has 0 spiro atoms. The zero-order valence-corrected chi connectivity index (χ0v) is 8.98. The van der Waals surface area contributed by atoms with Crippen molar-refractivity contribution < 1.29 is 0 Å². The van der Waals surface area contributed by atoms with Crippen molar-refractivity contribution in [3.05, 3.63) is 12.2 Å². The SMILES string of the molecule is C=C(CC)CC(C)C(C)NCC. The third-order valence-corrected chi connectivity index (χ3v) is 2.49. The molecule has 12 heavy (non-hydrogen) atoms. The Kier molecular flexibility index (Phi) is 6.09. The lowest BCUT2D eigenvalue weighted by Gasteiger charge is -2.21. The lowest BCUT2D eigenvalue weighted by molar-refractivity contribution is 0.403. The van der Waals surface area contributed by atoms with E-state index < -0.39 is 0 Å². The molecule has 0 heterocycles. The Morgan fingerprint density at radius 3 is 2.33 bits per heavy atom. The molecule has 0 aromatic heterocycles. The molecule has 0 bridgehead atoms. The normalized spacial score (nSPS) is 15.7. The molecule has 1 nitrogen and oxygen atoms in total. The van der Waals surface area contributed by atoms with Crippen LogP contribution in [0.3, 0.4) is 0 Å². The van der Waals surface area contributed by atoms with E-state index in [0.29, 0.717) is 12.0 Å². The van der Waals surface area contributed by atoms with Crippen LogP contribution in [-0.4, -0.2) is 12.6 Å². The van der Waals surface area contributed by atoms with Crippen molar-refractivity contribution >= 4 is 0 Å². The maximum Gasteiger partial charge on any atom is 0.00673 e. The number of allylic oxidation sites excluding steroid dienone is 1. The molecule has 2 atom stereocenters. The third kappa shape index (κ3) is 4.55. The van der Waals surface area contributed by atoms with Crippen LogP contribution in [0, 0.1) is 5.92 Å². The Balaban J connectivity index is 3.69. The van der Waals surface area contributed by atoms with Crippen LogP contribution in [0.15, 0.2) is 12.2 Å². The van der Waals surface area contributed by atoms with Gasteiger partial charge in [0, 0.05) is 6.04 Å². The molecule has 0 rings (SSSR count). The van der Waals surface area contributed by atoms with E-state index in [0.717, 1.165) is 19.4 Å². The van der Waals surface area contributed by atoms with E-state index in [9.17, 15) is 0 Å². The molecule has 0 amide bonds. The van der Waals surface area contributed by atoms with Crippen LogP contribution in [0.25, 0.3) is 0 Å². The van der Waals surface area contributed by atoms with Crippen LogP contribution in [0.5, 0.6) is 0 Å². The van der Waals surface area contributed by atoms with Crippen LogP contribution in [0.2, 0.25) is 0 Å². The second-order valence-corrected chi connectivity index (χ2v) is 3.63. The Labute approximate surface area is 77.2 Å². The summed E-state index contributed by atoms with van der Waals surface area (Å²) in [6.45, 7) is 13.9. The first-order chi connectivity index (χ1) is 5.61. The molecular formula is C11H23N. The molecule has 0 aliphatic rings. The summed E-state index contributed by atoms with van der Waals surface area (Å²) in [5.74, 6) is 0.706. The maximum atomic E-state index is 4.03. The first kappa shape index (κ1) is 11.7. The van der Waals surface area contributed by atoms with Gasteiger partial charge in [-0.05, 0) is 32.2 Å². The Bertz CT molecular complexity index is 129. The van der Waals surface area contributed by atoms with Gasteiger partial charge in [-0.15, -0.1) is 0 Å². The minimum absolute atomic E-state index is 0.610. The monoisotopic (exact) mass is 169 g/mol. The summed E-state index contributed by atoms with van der Waals surface area (Å²) in [4.78, 5) is 0. The van der Waals surface area contributed by atoms with Gasteiger partial charge < -0.3 is 5.32 Å². The van der Waals surface area contributed by atoms with Gasteiger partial charge in [-0.2, -0.15) is 0 Å². The predicted octanol–water partition coefficient (Wildman–Crippen LogP) is 2.98. The number of hydrogen-bond donors (Lipinski definition) is 1. The molecule has 0 aromatic rings. The first-order valence-electron chi connectivity index (χ1n) is 5.01. The van der Waals surface area contributed by atoms with E-state index in [1.807, 2.05) is 0 Å². The lowest BCUT2D eigenvalue weighted by atomic mass is 9.94. The van der Waals surface area contributed by atoms with Gasteiger partial charge >= 0.3 is 0 Å². The summed E-state index contributed by atoms with van der Waals surface area (Å²) in [6.07, 6.45) is 2.27. The van der Waals surface area contributed by atoms with E-state index in [4.69, 9.17) is 0 Å². The number of nitrogens with one attached hydrogen (secondary N) is 1. The highest BCUT2D eigenvalue weighted by molar-refractivity contribution is 4.95. The maximum absolute atomic E-state index is 4.03. The quantitative estimate of drug-likeness (QED) is 0.603. The van der Waals surface area contributed by atoms with E-state index in [2.05, 4.69) is 39.6 Å². The molecule has 0 radical (unpaired) electrons. The van der Waals surface area contributed by atoms with Gasteiger partial charge in [0.2, 0.25) is 0 Å². The smallest absolute Gasteiger partial charge is 0.00673 e. The summed E-state index contributed by atoms with van der Waals surface area (Å²) in [5.41, 5.74) is 1.37. The molecule has 72 valence electrons. The van der Waals surface area contributed by atoms with E-state index in [-0.39, 0.29) is 0 Å². The highest BCUT2D eigenvalue weighted by Gasteiger charge is 2.10. The number of rotatable bonds is 6. The molecular weight excluding hydrogens is 146 g/mol. The van der Waals surface area contributed by atoms with Gasteiger partial charge in [0.1, 0.15) is 0 Å². The van der Waals surface area contributed by atoms with Crippen molar-refractivity contribution in [2.75, 3.05) is 6.54 Å². The standard InChI is InChI=1S/C11H23N/c1-6-9(3)8-10(4)11(5)12-7-2/h10-12H,3,6-8H2,1-2,4-5H3. The topological polar surface area (TPSA) is 12.0 Å².